The van der Waals surface area contributed by atoms with Gasteiger partial charge in [-0.05, 0) is 31.8 Å². The molecule has 1 saturated heterocycles. The number of hydrogen-bond acceptors (Lipinski definition) is 5. The highest BCUT2D eigenvalue weighted by molar-refractivity contribution is 6.32. The average Bonchev–Trinajstić information content (AvgIpc) is 2.49. The lowest BCUT2D eigenvalue weighted by Gasteiger charge is -2.23. The summed E-state index contributed by atoms with van der Waals surface area (Å²) in [6.45, 7) is 3.73. The Morgan fingerprint density at radius 1 is 1.65 bits per heavy atom. The molecule has 0 bridgehead atoms. The number of piperidine rings is 1. The number of nitrogens with one attached hydrogen (secondary N) is 2. The lowest BCUT2D eigenvalue weighted by Crippen LogP contribution is -2.34. The number of hydrogen-bond donors (Lipinski definition) is 2. The molecule has 2 heterocycles. The first-order valence-electron chi connectivity index (χ1n) is 6.91. The summed E-state index contributed by atoms with van der Waals surface area (Å²) < 4.78 is 6.25. The molecule has 0 aromatic carbocycles. The molecule has 1 aromatic rings. The van der Waals surface area contributed by atoms with E-state index in [4.69, 9.17) is 16.3 Å². The number of aromatic nitrogens is 2. The standard InChI is InChI=1S/C13H21ClN4O2/c1-20-6-5-18-13(19)12(14)11(9-17-18)16-8-10-3-2-4-15-7-10/h9-10,15-16H,2-8H2,1H3. The van der Waals surface area contributed by atoms with Crippen molar-refractivity contribution < 1.29 is 4.74 Å². The van der Waals surface area contributed by atoms with E-state index < -0.39 is 0 Å². The molecule has 1 atom stereocenters. The number of nitrogens with zero attached hydrogens (tertiary/aromatic N) is 2. The van der Waals surface area contributed by atoms with E-state index in [2.05, 4.69) is 15.7 Å². The van der Waals surface area contributed by atoms with Gasteiger partial charge in [0.2, 0.25) is 0 Å². The minimum atomic E-state index is -0.282. The molecule has 1 unspecified atom stereocenters. The van der Waals surface area contributed by atoms with Crippen LogP contribution >= 0.6 is 11.6 Å². The van der Waals surface area contributed by atoms with Crippen molar-refractivity contribution in [3.8, 4) is 0 Å². The molecule has 1 aromatic heterocycles. The van der Waals surface area contributed by atoms with Gasteiger partial charge in [-0.2, -0.15) is 5.10 Å². The van der Waals surface area contributed by atoms with E-state index in [1.807, 2.05) is 0 Å². The molecule has 112 valence electrons. The number of rotatable bonds is 6. The highest BCUT2D eigenvalue weighted by atomic mass is 35.5. The topological polar surface area (TPSA) is 68.2 Å². The fraction of sp³-hybridized carbons (Fsp3) is 0.692. The lowest BCUT2D eigenvalue weighted by atomic mass is 10.00. The van der Waals surface area contributed by atoms with Crippen LogP contribution in [0.3, 0.4) is 0 Å². The molecule has 1 fully saturated rings. The zero-order valence-corrected chi connectivity index (χ0v) is 12.4. The van der Waals surface area contributed by atoms with Gasteiger partial charge in [-0.25, -0.2) is 4.68 Å². The third kappa shape index (κ3) is 3.94. The zero-order valence-electron chi connectivity index (χ0n) is 11.7. The Kier molecular flexibility index (Phi) is 5.82. The minimum Gasteiger partial charge on any atom is -0.383 e. The molecule has 2 rings (SSSR count). The quantitative estimate of drug-likeness (QED) is 0.819. The first-order chi connectivity index (χ1) is 9.72. The molecule has 0 spiro atoms. The molecule has 1 aliphatic heterocycles. The summed E-state index contributed by atoms with van der Waals surface area (Å²) in [5.74, 6) is 0.565. The van der Waals surface area contributed by atoms with Crippen LogP contribution < -0.4 is 16.2 Å². The Labute approximate surface area is 123 Å². The van der Waals surface area contributed by atoms with Gasteiger partial charge in [0.1, 0.15) is 5.02 Å². The fourth-order valence-electron chi connectivity index (χ4n) is 2.28. The first kappa shape index (κ1) is 15.3. The van der Waals surface area contributed by atoms with Crippen LogP contribution in [0, 0.1) is 5.92 Å². The van der Waals surface area contributed by atoms with Crippen LogP contribution in [0.1, 0.15) is 12.8 Å². The molecule has 0 amide bonds. The normalized spacial score (nSPS) is 19.0. The van der Waals surface area contributed by atoms with E-state index >= 15 is 0 Å². The monoisotopic (exact) mass is 300 g/mol. The van der Waals surface area contributed by atoms with Crippen LogP contribution in [-0.4, -0.2) is 43.1 Å². The molecule has 0 saturated carbocycles. The highest BCUT2D eigenvalue weighted by Gasteiger charge is 2.14. The van der Waals surface area contributed by atoms with Crippen molar-refractivity contribution in [3.63, 3.8) is 0 Å². The average molecular weight is 301 g/mol. The number of anilines is 1. The van der Waals surface area contributed by atoms with E-state index in [-0.39, 0.29) is 10.6 Å². The van der Waals surface area contributed by atoms with Crippen LogP contribution in [0.4, 0.5) is 5.69 Å². The van der Waals surface area contributed by atoms with Crippen LogP contribution in [0.5, 0.6) is 0 Å². The van der Waals surface area contributed by atoms with Gasteiger partial charge in [-0.1, -0.05) is 11.6 Å². The third-order valence-electron chi connectivity index (χ3n) is 3.47. The predicted octanol–water partition coefficient (Wildman–Crippen LogP) is 0.955. The summed E-state index contributed by atoms with van der Waals surface area (Å²) in [5, 5.41) is 10.9. The number of methoxy groups -OCH3 is 1. The second-order valence-electron chi connectivity index (χ2n) is 4.99. The Balaban J connectivity index is 1.97. The molecule has 0 radical (unpaired) electrons. The second-order valence-corrected chi connectivity index (χ2v) is 5.36. The van der Waals surface area contributed by atoms with Gasteiger partial charge in [0.05, 0.1) is 25.0 Å². The predicted molar refractivity (Wildman–Crippen MR) is 79.5 cm³/mol. The molecule has 6 nitrogen and oxygen atoms in total. The zero-order chi connectivity index (χ0) is 14.4. The summed E-state index contributed by atoms with van der Waals surface area (Å²) >= 11 is 6.10. The molecule has 7 heteroatoms. The largest absolute Gasteiger partial charge is 0.383 e. The van der Waals surface area contributed by atoms with E-state index in [0.717, 1.165) is 19.6 Å². The summed E-state index contributed by atoms with van der Waals surface area (Å²) in [6.07, 6.45) is 3.99. The summed E-state index contributed by atoms with van der Waals surface area (Å²) in [7, 11) is 1.58. The van der Waals surface area contributed by atoms with Crippen molar-refractivity contribution in [1.29, 1.82) is 0 Å². The van der Waals surface area contributed by atoms with Gasteiger partial charge < -0.3 is 15.4 Å². The number of ether oxygens (including phenoxy) is 1. The van der Waals surface area contributed by atoms with Crippen molar-refractivity contribution in [2.24, 2.45) is 5.92 Å². The van der Waals surface area contributed by atoms with Crippen molar-refractivity contribution >= 4 is 17.3 Å². The van der Waals surface area contributed by atoms with Crippen LogP contribution in [0.25, 0.3) is 0 Å². The summed E-state index contributed by atoms with van der Waals surface area (Å²) in [6, 6.07) is 0. The van der Waals surface area contributed by atoms with Crippen LogP contribution in [0.15, 0.2) is 11.0 Å². The molecule has 20 heavy (non-hydrogen) atoms. The van der Waals surface area contributed by atoms with Gasteiger partial charge in [-0.3, -0.25) is 4.79 Å². The van der Waals surface area contributed by atoms with Gasteiger partial charge in [0, 0.05) is 13.7 Å². The summed E-state index contributed by atoms with van der Waals surface area (Å²) in [5.41, 5.74) is 0.325. The SMILES string of the molecule is COCCn1ncc(NCC2CCCNC2)c(Cl)c1=O. The van der Waals surface area contributed by atoms with E-state index in [1.165, 1.54) is 17.5 Å². The molecule has 2 N–H and O–H groups in total. The summed E-state index contributed by atoms with van der Waals surface area (Å²) in [4.78, 5) is 12.0. The van der Waals surface area contributed by atoms with E-state index in [1.54, 1.807) is 13.3 Å². The molecular formula is C13H21ClN4O2. The lowest BCUT2D eigenvalue weighted by molar-refractivity contribution is 0.182. The molecule has 1 aliphatic rings. The van der Waals surface area contributed by atoms with E-state index in [9.17, 15) is 4.79 Å². The Morgan fingerprint density at radius 3 is 3.20 bits per heavy atom. The van der Waals surface area contributed by atoms with Gasteiger partial charge in [0.15, 0.2) is 0 Å². The Bertz CT molecular complexity index is 486. The van der Waals surface area contributed by atoms with E-state index in [0.29, 0.717) is 24.8 Å². The molecular weight excluding hydrogens is 280 g/mol. The minimum absolute atomic E-state index is 0.194. The first-order valence-corrected chi connectivity index (χ1v) is 7.29. The van der Waals surface area contributed by atoms with Gasteiger partial charge in [-0.15, -0.1) is 0 Å². The Hall–Kier alpha value is -1.11. The van der Waals surface area contributed by atoms with Crippen molar-refractivity contribution in [3.05, 3.63) is 21.6 Å². The smallest absolute Gasteiger partial charge is 0.287 e. The Morgan fingerprint density at radius 2 is 2.50 bits per heavy atom. The molecule has 0 aliphatic carbocycles. The highest BCUT2D eigenvalue weighted by Crippen LogP contribution is 2.17. The fourth-order valence-corrected chi connectivity index (χ4v) is 2.49. The van der Waals surface area contributed by atoms with Crippen molar-refractivity contribution in [2.75, 3.05) is 38.7 Å². The maximum Gasteiger partial charge on any atom is 0.287 e. The third-order valence-corrected chi connectivity index (χ3v) is 3.84. The number of halogens is 1. The van der Waals surface area contributed by atoms with Crippen LogP contribution in [-0.2, 0) is 11.3 Å². The van der Waals surface area contributed by atoms with Crippen LogP contribution in [0.2, 0.25) is 5.02 Å². The van der Waals surface area contributed by atoms with Gasteiger partial charge >= 0.3 is 0 Å². The second kappa shape index (κ2) is 7.61. The van der Waals surface area contributed by atoms with Crippen molar-refractivity contribution in [2.45, 2.75) is 19.4 Å². The van der Waals surface area contributed by atoms with Gasteiger partial charge in [0.25, 0.3) is 5.56 Å². The van der Waals surface area contributed by atoms with Crippen molar-refractivity contribution in [1.82, 2.24) is 15.1 Å². The maximum atomic E-state index is 12.0. The maximum absolute atomic E-state index is 12.0.